The lowest BCUT2D eigenvalue weighted by atomic mass is 10.2. The van der Waals surface area contributed by atoms with Crippen LogP contribution in [0.4, 0.5) is 5.69 Å². The molecular formula is C18H18BrN3O. The highest BCUT2D eigenvalue weighted by Crippen LogP contribution is 2.20. The number of aromatic nitrogens is 2. The van der Waals surface area contributed by atoms with E-state index in [0.29, 0.717) is 5.69 Å². The summed E-state index contributed by atoms with van der Waals surface area (Å²) in [7, 11) is 0. The molecule has 0 bridgehead atoms. The van der Waals surface area contributed by atoms with Gasteiger partial charge in [-0.05, 0) is 43.2 Å². The van der Waals surface area contributed by atoms with Gasteiger partial charge in [0, 0.05) is 16.4 Å². The van der Waals surface area contributed by atoms with Crippen molar-refractivity contribution in [1.82, 2.24) is 9.38 Å². The predicted molar refractivity (Wildman–Crippen MR) is 96.0 cm³/mol. The molecule has 0 atom stereocenters. The molecule has 0 saturated heterocycles. The molecule has 4 nitrogen and oxygen atoms in total. The fraction of sp³-hybridized carbons (Fsp3) is 0.222. The molecule has 5 heteroatoms. The van der Waals surface area contributed by atoms with Gasteiger partial charge in [0.25, 0.3) is 5.91 Å². The van der Waals surface area contributed by atoms with Crippen molar-refractivity contribution in [2.75, 3.05) is 5.32 Å². The van der Waals surface area contributed by atoms with Crippen LogP contribution in [0.2, 0.25) is 0 Å². The number of benzene rings is 1. The quantitative estimate of drug-likeness (QED) is 0.727. The Labute approximate surface area is 143 Å². The number of amides is 1. The number of anilines is 1. The Bertz CT molecular complexity index is 870. The fourth-order valence-corrected chi connectivity index (χ4v) is 3.01. The first-order valence-electron chi connectivity index (χ1n) is 7.63. The maximum Gasteiger partial charge on any atom is 0.274 e. The van der Waals surface area contributed by atoms with E-state index < -0.39 is 0 Å². The minimum atomic E-state index is -0.135. The Morgan fingerprint density at radius 2 is 2.13 bits per heavy atom. The Balaban J connectivity index is 2.04. The summed E-state index contributed by atoms with van der Waals surface area (Å²) in [5.74, 6) is -0.135. The van der Waals surface area contributed by atoms with Gasteiger partial charge in [0.15, 0.2) is 0 Å². The van der Waals surface area contributed by atoms with Crippen molar-refractivity contribution in [2.45, 2.75) is 26.7 Å². The molecule has 23 heavy (non-hydrogen) atoms. The second-order valence-electron chi connectivity index (χ2n) is 5.56. The van der Waals surface area contributed by atoms with Gasteiger partial charge in [-0.25, -0.2) is 4.98 Å². The lowest BCUT2D eigenvalue weighted by molar-refractivity contribution is 0.102. The number of imidazole rings is 1. The van der Waals surface area contributed by atoms with Gasteiger partial charge in [0.1, 0.15) is 11.3 Å². The Hall–Kier alpha value is -2.14. The molecule has 0 spiro atoms. The number of hydrogen-bond donors (Lipinski definition) is 1. The van der Waals surface area contributed by atoms with Gasteiger partial charge in [-0.15, -0.1) is 0 Å². The molecule has 2 heterocycles. The van der Waals surface area contributed by atoms with Crippen LogP contribution in [0.15, 0.2) is 47.1 Å². The van der Waals surface area contributed by atoms with Crippen molar-refractivity contribution in [1.29, 1.82) is 0 Å². The van der Waals surface area contributed by atoms with E-state index >= 15 is 0 Å². The van der Waals surface area contributed by atoms with Crippen molar-refractivity contribution >= 4 is 33.2 Å². The third kappa shape index (κ3) is 3.29. The summed E-state index contributed by atoms with van der Waals surface area (Å²) < 4.78 is 2.81. The summed E-state index contributed by atoms with van der Waals surface area (Å²) in [5, 5.41) is 2.97. The highest BCUT2D eigenvalue weighted by Gasteiger charge is 2.19. The zero-order valence-corrected chi connectivity index (χ0v) is 14.7. The molecule has 3 aromatic rings. The molecule has 0 aliphatic heterocycles. The molecule has 1 aromatic carbocycles. The third-order valence-electron chi connectivity index (χ3n) is 3.62. The molecule has 0 aliphatic carbocycles. The Kier molecular flexibility index (Phi) is 4.48. The normalized spacial score (nSPS) is 10.9. The van der Waals surface area contributed by atoms with Crippen LogP contribution in [0.3, 0.4) is 0 Å². The summed E-state index contributed by atoms with van der Waals surface area (Å²) >= 11 is 3.42. The maximum absolute atomic E-state index is 12.8. The van der Waals surface area contributed by atoms with Gasteiger partial charge in [0.05, 0.1) is 5.69 Å². The van der Waals surface area contributed by atoms with Crippen molar-refractivity contribution in [3.63, 3.8) is 0 Å². The van der Waals surface area contributed by atoms with Gasteiger partial charge in [-0.2, -0.15) is 0 Å². The molecule has 1 amide bonds. The van der Waals surface area contributed by atoms with E-state index in [0.717, 1.165) is 39.9 Å². The number of hydrogen-bond acceptors (Lipinski definition) is 2. The Morgan fingerprint density at radius 3 is 2.87 bits per heavy atom. The molecule has 0 aliphatic rings. The van der Waals surface area contributed by atoms with Crippen LogP contribution in [-0.2, 0) is 6.42 Å². The highest BCUT2D eigenvalue weighted by atomic mass is 79.9. The maximum atomic E-state index is 12.8. The van der Waals surface area contributed by atoms with E-state index in [9.17, 15) is 4.79 Å². The van der Waals surface area contributed by atoms with Gasteiger partial charge in [-0.3, -0.25) is 9.20 Å². The summed E-state index contributed by atoms with van der Waals surface area (Å²) in [5.41, 5.74) is 4.11. The van der Waals surface area contributed by atoms with E-state index in [4.69, 9.17) is 0 Å². The number of carbonyl (C=O) groups is 1. The average molecular weight is 372 g/mol. The van der Waals surface area contributed by atoms with Crippen LogP contribution >= 0.6 is 15.9 Å². The zero-order chi connectivity index (χ0) is 16.4. The first-order valence-corrected chi connectivity index (χ1v) is 8.42. The molecule has 0 saturated carbocycles. The molecule has 0 fully saturated rings. The van der Waals surface area contributed by atoms with Gasteiger partial charge >= 0.3 is 0 Å². The molecule has 118 valence electrons. The van der Waals surface area contributed by atoms with Gasteiger partial charge in [0.2, 0.25) is 0 Å². The smallest absolute Gasteiger partial charge is 0.274 e. The minimum absolute atomic E-state index is 0.135. The minimum Gasteiger partial charge on any atom is -0.321 e. The first-order chi connectivity index (χ1) is 11.1. The second kappa shape index (κ2) is 6.54. The Morgan fingerprint density at radius 1 is 1.30 bits per heavy atom. The number of carbonyl (C=O) groups excluding carboxylic acids is 1. The number of nitrogens with one attached hydrogen (secondary N) is 1. The molecule has 1 N–H and O–H groups in total. The van der Waals surface area contributed by atoms with Crippen molar-refractivity contribution in [2.24, 2.45) is 0 Å². The largest absolute Gasteiger partial charge is 0.321 e. The number of pyridine rings is 1. The van der Waals surface area contributed by atoms with E-state index in [1.807, 2.05) is 53.9 Å². The topological polar surface area (TPSA) is 46.4 Å². The van der Waals surface area contributed by atoms with Gasteiger partial charge in [-0.1, -0.05) is 41.4 Å². The third-order valence-corrected chi connectivity index (χ3v) is 4.12. The molecule has 0 radical (unpaired) electrons. The summed E-state index contributed by atoms with van der Waals surface area (Å²) in [4.78, 5) is 17.4. The van der Waals surface area contributed by atoms with E-state index in [-0.39, 0.29) is 5.91 Å². The molecule has 3 rings (SSSR count). The summed E-state index contributed by atoms with van der Waals surface area (Å²) in [6.07, 6.45) is 3.68. The van der Waals surface area contributed by atoms with Crippen molar-refractivity contribution < 1.29 is 4.79 Å². The molecule has 2 aromatic heterocycles. The lowest BCUT2D eigenvalue weighted by Gasteiger charge is -2.08. The zero-order valence-electron chi connectivity index (χ0n) is 13.1. The summed E-state index contributed by atoms with van der Waals surface area (Å²) in [6, 6.07) is 11.5. The highest BCUT2D eigenvalue weighted by molar-refractivity contribution is 9.10. The van der Waals surface area contributed by atoms with Crippen LogP contribution < -0.4 is 5.32 Å². The average Bonchev–Trinajstić information content (AvgIpc) is 2.85. The number of nitrogens with zero attached hydrogens (tertiary/aromatic N) is 2. The first kappa shape index (κ1) is 15.7. The SMILES string of the molecule is CCCc1nc2ccc(C)cn2c1C(=O)Nc1cccc(Br)c1. The van der Waals surface area contributed by atoms with Crippen molar-refractivity contribution in [3.05, 3.63) is 64.0 Å². The summed E-state index contributed by atoms with van der Waals surface area (Å²) in [6.45, 7) is 4.10. The van der Waals surface area contributed by atoms with Crippen LogP contribution in [0, 0.1) is 6.92 Å². The van der Waals surface area contributed by atoms with Gasteiger partial charge < -0.3 is 5.32 Å². The number of rotatable bonds is 4. The van der Waals surface area contributed by atoms with E-state index in [2.05, 4.69) is 33.2 Å². The van der Waals surface area contributed by atoms with Crippen molar-refractivity contribution in [3.8, 4) is 0 Å². The van der Waals surface area contributed by atoms with Crippen LogP contribution in [-0.4, -0.2) is 15.3 Å². The molecule has 0 unspecified atom stereocenters. The number of aryl methyl sites for hydroxylation is 2. The number of fused-ring (bicyclic) bond motifs is 1. The molecular weight excluding hydrogens is 354 g/mol. The van der Waals surface area contributed by atoms with E-state index in [1.54, 1.807) is 0 Å². The second-order valence-corrected chi connectivity index (χ2v) is 6.47. The predicted octanol–water partition coefficient (Wildman–Crippen LogP) is 4.61. The standard InChI is InChI=1S/C18H18BrN3O/c1-3-5-15-17(22-11-12(2)8-9-16(22)21-15)18(23)20-14-7-4-6-13(19)10-14/h4,6-11H,3,5H2,1-2H3,(H,20,23). The van der Waals surface area contributed by atoms with Crippen LogP contribution in [0.25, 0.3) is 5.65 Å². The lowest BCUT2D eigenvalue weighted by Crippen LogP contribution is -2.16. The monoisotopic (exact) mass is 371 g/mol. The van der Waals surface area contributed by atoms with Crippen LogP contribution in [0.5, 0.6) is 0 Å². The van der Waals surface area contributed by atoms with Crippen LogP contribution in [0.1, 0.15) is 35.1 Å². The fourth-order valence-electron chi connectivity index (χ4n) is 2.61. The number of halogens is 1. The van der Waals surface area contributed by atoms with E-state index in [1.165, 1.54) is 0 Å².